The molecule has 1 unspecified atom stereocenters. The van der Waals surface area contributed by atoms with Gasteiger partial charge < -0.3 is 20.9 Å². The molecule has 1 aromatic rings. The van der Waals surface area contributed by atoms with Gasteiger partial charge in [-0.15, -0.1) is 11.3 Å². The zero-order valence-electron chi connectivity index (χ0n) is 9.17. The number of thiazole rings is 1. The van der Waals surface area contributed by atoms with E-state index >= 15 is 0 Å². The van der Waals surface area contributed by atoms with Crippen LogP contribution in [0.4, 0.5) is 0 Å². The fourth-order valence-corrected chi connectivity index (χ4v) is 1.66. The van der Waals surface area contributed by atoms with Gasteiger partial charge in [0.2, 0.25) is 0 Å². The van der Waals surface area contributed by atoms with E-state index in [9.17, 15) is 14.7 Å². The van der Waals surface area contributed by atoms with Gasteiger partial charge in [-0.1, -0.05) is 0 Å². The number of carbonyl (C=O) groups excluding carboxylic acids is 2. The van der Waals surface area contributed by atoms with Crippen molar-refractivity contribution in [2.24, 2.45) is 5.73 Å². The van der Waals surface area contributed by atoms with Crippen LogP contribution < -0.4 is 11.1 Å². The molecule has 0 aromatic carbocycles. The summed E-state index contributed by atoms with van der Waals surface area (Å²) >= 11 is 1.27. The summed E-state index contributed by atoms with van der Waals surface area (Å²) in [4.78, 5) is 26.3. The molecule has 1 heterocycles. The van der Waals surface area contributed by atoms with Crippen LogP contribution in [-0.4, -0.2) is 41.7 Å². The molecule has 0 radical (unpaired) electrons. The first-order valence-corrected chi connectivity index (χ1v) is 5.65. The summed E-state index contributed by atoms with van der Waals surface area (Å²) in [5.41, 5.74) is 5.57. The van der Waals surface area contributed by atoms with Crippen LogP contribution >= 0.6 is 11.3 Å². The maximum absolute atomic E-state index is 11.5. The number of methoxy groups -OCH3 is 1. The molecule has 0 aliphatic heterocycles. The number of nitrogens with one attached hydrogen (secondary N) is 1. The lowest BCUT2D eigenvalue weighted by Crippen LogP contribution is -2.37. The van der Waals surface area contributed by atoms with Gasteiger partial charge >= 0.3 is 5.97 Å². The fourth-order valence-electron chi connectivity index (χ4n) is 1.01. The van der Waals surface area contributed by atoms with Gasteiger partial charge in [0, 0.05) is 11.9 Å². The minimum absolute atomic E-state index is 0.215. The Morgan fingerprint density at radius 3 is 2.94 bits per heavy atom. The van der Waals surface area contributed by atoms with Crippen molar-refractivity contribution in [2.75, 3.05) is 13.7 Å². The number of esters is 1. The molecule has 4 N–H and O–H groups in total. The van der Waals surface area contributed by atoms with Crippen molar-refractivity contribution in [2.45, 2.75) is 12.6 Å². The minimum Gasteiger partial charge on any atom is -0.467 e. The number of hydrogen-bond donors (Lipinski definition) is 3. The van der Waals surface area contributed by atoms with E-state index in [2.05, 4.69) is 15.0 Å². The monoisotopic (exact) mass is 259 g/mol. The highest BCUT2D eigenvalue weighted by atomic mass is 32.1. The summed E-state index contributed by atoms with van der Waals surface area (Å²) in [6.45, 7) is 0.0454. The van der Waals surface area contributed by atoms with E-state index in [-0.39, 0.29) is 18.8 Å². The Morgan fingerprint density at radius 1 is 1.71 bits per heavy atom. The van der Waals surface area contributed by atoms with E-state index in [0.29, 0.717) is 5.01 Å². The van der Waals surface area contributed by atoms with Crippen LogP contribution in [0.15, 0.2) is 5.38 Å². The number of ether oxygens (including phenoxy) is 1. The van der Waals surface area contributed by atoms with Crippen LogP contribution in [0, 0.1) is 0 Å². The molecule has 0 saturated carbocycles. The molecule has 0 fully saturated rings. The van der Waals surface area contributed by atoms with E-state index in [0.717, 1.165) is 7.11 Å². The molecule has 0 bridgehead atoms. The first-order chi connectivity index (χ1) is 8.08. The molecule has 1 atom stereocenters. The molecular formula is C9H13N3O4S. The van der Waals surface area contributed by atoms with Crippen LogP contribution in [0.1, 0.15) is 15.5 Å². The van der Waals surface area contributed by atoms with E-state index in [1.807, 2.05) is 0 Å². The van der Waals surface area contributed by atoms with E-state index in [4.69, 9.17) is 5.73 Å². The average molecular weight is 259 g/mol. The number of rotatable bonds is 5. The third-order valence-corrected chi connectivity index (χ3v) is 2.76. The van der Waals surface area contributed by atoms with Gasteiger partial charge in [-0.3, -0.25) is 4.79 Å². The standard InChI is InChI=1S/C9H13N3O4S/c1-16-9(15)6(13)3-11-8(14)5-4-17-7(2-10)12-5/h4,6,13H,2-3,10H2,1H3,(H,11,14). The number of aliphatic hydroxyl groups is 1. The number of aliphatic hydroxyl groups excluding tert-OH is 1. The van der Waals surface area contributed by atoms with Crippen LogP contribution in [0.2, 0.25) is 0 Å². The second kappa shape index (κ2) is 6.28. The molecule has 0 aliphatic rings. The second-order valence-electron chi connectivity index (χ2n) is 3.08. The minimum atomic E-state index is -1.38. The largest absolute Gasteiger partial charge is 0.467 e. The maximum atomic E-state index is 11.5. The zero-order chi connectivity index (χ0) is 12.8. The number of hydrogen-bond acceptors (Lipinski definition) is 7. The summed E-state index contributed by atoms with van der Waals surface area (Å²) in [7, 11) is 1.15. The van der Waals surface area contributed by atoms with Crippen LogP contribution in [0.3, 0.4) is 0 Å². The number of nitrogens with two attached hydrogens (primary N) is 1. The topological polar surface area (TPSA) is 115 Å². The third kappa shape index (κ3) is 3.77. The molecule has 8 heteroatoms. The Kier molecular flexibility index (Phi) is 5.01. The summed E-state index contributed by atoms with van der Waals surface area (Å²) in [5.74, 6) is -1.27. The average Bonchev–Trinajstić information content (AvgIpc) is 2.83. The predicted molar refractivity (Wildman–Crippen MR) is 60.4 cm³/mol. The number of aromatic nitrogens is 1. The summed E-state index contributed by atoms with van der Waals surface area (Å²) in [5, 5.41) is 13.8. The van der Waals surface area contributed by atoms with Gasteiger partial charge in [0.05, 0.1) is 13.7 Å². The van der Waals surface area contributed by atoms with Gasteiger partial charge in [-0.2, -0.15) is 0 Å². The molecule has 1 aromatic heterocycles. The van der Waals surface area contributed by atoms with Gasteiger partial charge in [-0.25, -0.2) is 9.78 Å². The molecule has 0 aliphatic carbocycles. The van der Waals surface area contributed by atoms with Crippen molar-refractivity contribution in [3.8, 4) is 0 Å². The third-order valence-electron chi connectivity index (χ3n) is 1.89. The van der Waals surface area contributed by atoms with Crippen molar-refractivity contribution in [1.29, 1.82) is 0 Å². The molecule has 7 nitrogen and oxygen atoms in total. The molecule has 94 valence electrons. The number of nitrogens with zero attached hydrogens (tertiary/aromatic N) is 1. The summed E-state index contributed by atoms with van der Waals surface area (Å²) in [6, 6.07) is 0. The maximum Gasteiger partial charge on any atom is 0.336 e. The molecule has 1 amide bonds. The normalized spacial score (nSPS) is 11.9. The van der Waals surface area contributed by atoms with Crippen molar-refractivity contribution in [3.05, 3.63) is 16.1 Å². The Hall–Kier alpha value is -1.51. The Balaban J connectivity index is 2.47. The summed E-state index contributed by atoms with van der Waals surface area (Å²) in [6.07, 6.45) is -1.38. The quantitative estimate of drug-likeness (QED) is 0.576. The highest BCUT2D eigenvalue weighted by molar-refractivity contribution is 7.09. The summed E-state index contributed by atoms with van der Waals surface area (Å²) < 4.78 is 4.30. The van der Waals surface area contributed by atoms with Gasteiger partial charge in [-0.05, 0) is 0 Å². The smallest absolute Gasteiger partial charge is 0.336 e. The van der Waals surface area contributed by atoms with Crippen molar-refractivity contribution in [1.82, 2.24) is 10.3 Å². The van der Waals surface area contributed by atoms with Crippen LogP contribution in [0.5, 0.6) is 0 Å². The SMILES string of the molecule is COC(=O)C(O)CNC(=O)c1csc(CN)n1. The molecule has 17 heavy (non-hydrogen) atoms. The second-order valence-corrected chi connectivity index (χ2v) is 4.02. The van der Waals surface area contributed by atoms with Crippen LogP contribution in [-0.2, 0) is 16.1 Å². The number of carbonyl (C=O) groups is 2. The zero-order valence-corrected chi connectivity index (χ0v) is 9.99. The lowest BCUT2D eigenvalue weighted by molar-refractivity contribution is -0.149. The first-order valence-electron chi connectivity index (χ1n) is 4.77. The molecule has 1 rings (SSSR count). The van der Waals surface area contributed by atoms with E-state index in [1.165, 1.54) is 11.3 Å². The van der Waals surface area contributed by atoms with Crippen molar-refractivity contribution >= 4 is 23.2 Å². The highest BCUT2D eigenvalue weighted by Gasteiger charge is 2.17. The van der Waals surface area contributed by atoms with E-state index < -0.39 is 18.0 Å². The van der Waals surface area contributed by atoms with Crippen LogP contribution in [0.25, 0.3) is 0 Å². The van der Waals surface area contributed by atoms with Gasteiger partial charge in [0.1, 0.15) is 10.7 Å². The fraction of sp³-hybridized carbons (Fsp3) is 0.444. The molecule has 0 spiro atoms. The van der Waals surface area contributed by atoms with Gasteiger partial charge in [0.25, 0.3) is 5.91 Å². The lowest BCUT2D eigenvalue weighted by Gasteiger charge is -2.08. The Labute approximate surface area is 102 Å². The number of amides is 1. The Bertz CT molecular complexity index is 407. The molecular weight excluding hydrogens is 246 g/mol. The van der Waals surface area contributed by atoms with Crippen molar-refractivity contribution in [3.63, 3.8) is 0 Å². The predicted octanol–water partition coefficient (Wildman–Crippen LogP) is -1.13. The lowest BCUT2D eigenvalue weighted by atomic mass is 10.3. The van der Waals surface area contributed by atoms with E-state index in [1.54, 1.807) is 5.38 Å². The van der Waals surface area contributed by atoms with Crippen molar-refractivity contribution < 1.29 is 19.4 Å². The first kappa shape index (κ1) is 13.6. The van der Waals surface area contributed by atoms with Gasteiger partial charge in [0.15, 0.2) is 6.10 Å². The highest BCUT2D eigenvalue weighted by Crippen LogP contribution is 2.08. The molecule has 0 saturated heterocycles. The Morgan fingerprint density at radius 2 is 2.41 bits per heavy atom.